The summed E-state index contributed by atoms with van der Waals surface area (Å²) >= 11 is 0. The van der Waals surface area contributed by atoms with Crippen LogP contribution in [-0.4, -0.2) is 61.4 Å². The lowest BCUT2D eigenvalue weighted by Crippen LogP contribution is -2.45. The summed E-state index contributed by atoms with van der Waals surface area (Å²) in [6.45, 7) is 2.50. The highest BCUT2D eigenvalue weighted by molar-refractivity contribution is 5.71. The highest BCUT2D eigenvalue weighted by Crippen LogP contribution is 2.08. The predicted octanol–water partition coefficient (Wildman–Crippen LogP) is 4.19. The zero-order valence-corrected chi connectivity index (χ0v) is 22.0. The molecule has 35 heavy (non-hydrogen) atoms. The van der Waals surface area contributed by atoms with Crippen LogP contribution in [0.25, 0.3) is 0 Å². The number of ether oxygens (including phenoxy) is 1. The molecule has 0 bridgehead atoms. The molecule has 0 heterocycles. The number of aliphatic hydroxyl groups excluding tert-OH is 1. The zero-order valence-electron chi connectivity index (χ0n) is 22.0. The molecular weight excluding hydrogens is 442 g/mol. The van der Waals surface area contributed by atoms with Gasteiger partial charge in [-0.15, -0.1) is 0 Å². The molecule has 0 aromatic heterocycles. The van der Waals surface area contributed by atoms with Crippen molar-refractivity contribution >= 4 is 11.9 Å². The van der Waals surface area contributed by atoms with E-state index in [-0.39, 0.29) is 19.3 Å². The normalized spacial score (nSPS) is 14.9. The number of hydrogen-bond acceptors (Lipinski definition) is 5. The lowest BCUT2D eigenvalue weighted by Gasteiger charge is -2.29. The topological polar surface area (TPSA) is 86.7 Å². The third-order valence-corrected chi connectivity index (χ3v) is 4.66. The van der Waals surface area contributed by atoms with Crippen molar-refractivity contribution in [3.05, 3.63) is 72.9 Å². The maximum absolute atomic E-state index is 12.0. The number of carboxylic acids is 1. The van der Waals surface area contributed by atoms with Crippen molar-refractivity contribution in [3.63, 3.8) is 0 Å². The average Bonchev–Trinajstić information content (AvgIpc) is 2.75. The first-order chi connectivity index (χ1) is 16.6. The molecular formula is C29H45NO5. The number of carbonyl (C=O) groups is 2. The van der Waals surface area contributed by atoms with Gasteiger partial charge >= 0.3 is 5.97 Å². The number of carboxylic acid groups (broad SMARTS) is 1. The van der Waals surface area contributed by atoms with Crippen LogP contribution < -0.4 is 5.11 Å². The third kappa shape index (κ3) is 24.2. The van der Waals surface area contributed by atoms with Crippen molar-refractivity contribution in [2.45, 2.75) is 70.5 Å². The molecule has 2 unspecified atom stereocenters. The monoisotopic (exact) mass is 487 g/mol. The van der Waals surface area contributed by atoms with Crippen LogP contribution in [0.2, 0.25) is 0 Å². The number of likely N-dealkylation sites (N-methyl/N-ethyl adjacent to an activating group) is 1. The van der Waals surface area contributed by atoms with E-state index in [1.54, 1.807) is 12.2 Å². The fourth-order valence-electron chi connectivity index (χ4n) is 3.05. The number of nitrogens with zero attached hydrogens (tertiary/aromatic N) is 1. The highest BCUT2D eigenvalue weighted by Gasteiger charge is 2.22. The number of quaternary nitrogens is 1. The van der Waals surface area contributed by atoms with E-state index < -0.39 is 24.1 Å². The van der Waals surface area contributed by atoms with Gasteiger partial charge in [-0.25, -0.2) is 0 Å². The molecule has 1 N–H and O–H groups in total. The SMILES string of the molecule is CC/C=C/C/C=C/C/C=C/C/C=C/C/C=C/C=C/C(O)CCC(=O)OC(CC(=O)[O-])C[N+](C)(C)C. The fraction of sp³-hybridized carbons (Fsp3) is 0.517. The van der Waals surface area contributed by atoms with E-state index in [2.05, 4.69) is 55.5 Å². The summed E-state index contributed by atoms with van der Waals surface area (Å²) in [5.74, 6) is -1.77. The molecule has 2 atom stereocenters. The van der Waals surface area contributed by atoms with Crippen molar-refractivity contribution in [2.75, 3.05) is 27.7 Å². The number of aliphatic carboxylic acids is 1. The van der Waals surface area contributed by atoms with Crippen LogP contribution in [0.1, 0.15) is 58.3 Å². The minimum atomic E-state index is -1.25. The van der Waals surface area contributed by atoms with Crippen LogP contribution in [0.3, 0.4) is 0 Å². The second kappa shape index (κ2) is 20.7. The predicted molar refractivity (Wildman–Crippen MR) is 141 cm³/mol. The zero-order chi connectivity index (χ0) is 26.4. The Kier molecular flexibility index (Phi) is 19.1. The molecule has 0 aliphatic rings. The second-order valence-corrected chi connectivity index (χ2v) is 9.32. The Bertz CT molecular complexity index is 754. The molecule has 0 aromatic carbocycles. The van der Waals surface area contributed by atoms with Crippen molar-refractivity contribution in [3.8, 4) is 0 Å². The van der Waals surface area contributed by atoms with Gasteiger partial charge in [-0.2, -0.15) is 0 Å². The molecule has 6 nitrogen and oxygen atoms in total. The van der Waals surface area contributed by atoms with Crippen LogP contribution >= 0.6 is 0 Å². The Balaban J connectivity index is 4.08. The van der Waals surface area contributed by atoms with Crippen LogP contribution in [0.4, 0.5) is 0 Å². The van der Waals surface area contributed by atoms with Crippen molar-refractivity contribution in [2.24, 2.45) is 0 Å². The molecule has 0 spiro atoms. The maximum Gasteiger partial charge on any atom is 0.306 e. The van der Waals surface area contributed by atoms with Crippen LogP contribution in [0, 0.1) is 0 Å². The van der Waals surface area contributed by atoms with E-state index >= 15 is 0 Å². The van der Waals surface area contributed by atoms with E-state index in [9.17, 15) is 19.8 Å². The van der Waals surface area contributed by atoms with Gasteiger partial charge in [0.25, 0.3) is 0 Å². The Morgan fingerprint density at radius 3 is 1.86 bits per heavy atom. The Labute approximate surface area is 212 Å². The van der Waals surface area contributed by atoms with E-state index in [1.165, 1.54) is 0 Å². The smallest absolute Gasteiger partial charge is 0.306 e. The molecule has 0 fully saturated rings. The fourth-order valence-corrected chi connectivity index (χ4v) is 3.05. The Morgan fingerprint density at radius 1 is 0.857 bits per heavy atom. The molecule has 0 amide bonds. The number of esters is 1. The first-order valence-corrected chi connectivity index (χ1v) is 12.4. The van der Waals surface area contributed by atoms with Gasteiger partial charge in [0.1, 0.15) is 6.54 Å². The number of allylic oxidation sites excluding steroid dienone is 11. The van der Waals surface area contributed by atoms with Crippen molar-refractivity contribution < 1.29 is 29.0 Å². The molecule has 0 aliphatic heterocycles. The van der Waals surface area contributed by atoms with Gasteiger partial charge in [0.15, 0.2) is 6.10 Å². The van der Waals surface area contributed by atoms with Gasteiger partial charge in [-0.05, 0) is 38.5 Å². The summed E-state index contributed by atoms with van der Waals surface area (Å²) in [6, 6.07) is 0. The lowest BCUT2D eigenvalue weighted by atomic mass is 10.1. The summed E-state index contributed by atoms with van der Waals surface area (Å²) in [4.78, 5) is 22.9. The van der Waals surface area contributed by atoms with Crippen molar-refractivity contribution in [1.82, 2.24) is 0 Å². The summed E-state index contributed by atoms with van der Waals surface area (Å²) in [7, 11) is 5.66. The van der Waals surface area contributed by atoms with E-state index in [4.69, 9.17) is 4.74 Å². The standard InChI is InChI=1S/C29H45NO5/c1-5-6-7-8-9-10-11-12-13-14-15-16-17-18-19-20-21-26(31)22-23-29(34)35-27(24-28(32)33)25-30(2,3)4/h6-7,9-10,12-13,15-16,18-21,26-27,31H,5,8,11,14,17,22-25H2,1-4H3/b7-6+,10-9+,13-12+,16-15+,19-18+,21-20+. The van der Waals surface area contributed by atoms with Gasteiger partial charge in [-0.1, -0.05) is 79.8 Å². The minimum absolute atomic E-state index is 0.0118. The average molecular weight is 488 g/mol. The van der Waals surface area contributed by atoms with Gasteiger partial charge in [-0.3, -0.25) is 4.79 Å². The first kappa shape index (κ1) is 32.3. The molecule has 0 saturated carbocycles. The second-order valence-electron chi connectivity index (χ2n) is 9.32. The Hall–Kier alpha value is -2.70. The van der Waals surface area contributed by atoms with Crippen LogP contribution in [0.5, 0.6) is 0 Å². The summed E-state index contributed by atoms with van der Waals surface area (Å²) in [5.41, 5.74) is 0. The number of rotatable bonds is 19. The molecule has 6 heteroatoms. The van der Waals surface area contributed by atoms with Gasteiger partial charge < -0.3 is 24.2 Å². The molecule has 0 aliphatic carbocycles. The molecule has 0 rings (SSSR count). The Morgan fingerprint density at radius 2 is 1.37 bits per heavy atom. The summed E-state index contributed by atoms with van der Waals surface area (Å²) in [5, 5.41) is 20.9. The molecule has 0 aromatic rings. The van der Waals surface area contributed by atoms with E-state index in [0.717, 1.165) is 32.1 Å². The summed E-state index contributed by atoms with van der Waals surface area (Å²) < 4.78 is 5.74. The largest absolute Gasteiger partial charge is 0.550 e. The summed E-state index contributed by atoms with van der Waals surface area (Å²) in [6.07, 6.45) is 27.5. The maximum atomic E-state index is 12.0. The third-order valence-electron chi connectivity index (χ3n) is 4.66. The van der Waals surface area contributed by atoms with Crippen LogP contribution in [-0.2, 0) is 14.3 Å². The van der Waals surface area contributed by atoms with E-state index in [0.29, 0.717) is 11.0 Å². The van der Waals surface area contributed by atoms with Gasteiger partial charge in [0.05, 0.1) is 27.2 Å². The molecule has 0 radical (unpaired) electrons. The number of hydrogen-bond donors (Lipinski definition) is 1. The van der Waals surface area contributed by atoms with Crippen LogP contribution in [0.15, 0.2) is 72.9 Å². The minimum Gasteiger partial charge on any atom is -0.550 e. The quantitative estimate of drug-likeness (QED) is 0.128. The number of carbonyl (C=O) groups excluding carboxylic acids is 2. The first-order valence-electron chi connectivity index (χ1n) is 12.4. The van der Waals surface area contributed by atoms with Gasteiger partial charge in [0, 0.05) is 18.8 Å². The highest BCUT2D eigenvalue weighted by atomic mass is 16.5. The number of aliphatic hydroxyl groups is 1. The molecule has 196 valence electrons. The lowest BCUT2D eigenvalue weighted by molar-refractivity contribution is -0.873. The van der Waals surface area contributed by atoms with Gasteiger partial charge in [0.2, 0.25) is 0 Å². The van der Waals surface area contributed by atoms with Crippen molar-refractivity contribution in [1.29, 1.82) is 0 Å². The molecule has 0 saturated heterocycles. The van der Waals surface area contributed by atoms with E-state index in [1.807, 2.05) is 33.3 Å².